The van der Waals surface area contributed by atoms with Gasteiger partial charge >= 0.3 is 0 Å². The van der Waals surface area contributed by atoms with Gasteiger partial charge in [0.15, 0.2) is 5.78 Å². The van der Waals surface area contributed by atoms with Crippen LogP contribution in [0, 0.1) is 0 Å². The molecule has 3 rings (SSSR count). The second-order valence-corrected chi connectivity index (χ2v) is 4.87. The number of benzene rings is 2. The fourth-order valence-electron chi connectivity index (χ4n) is 2.43. The first-order valence-electron chi connectivity index (χ1n) is 6.73. The van der Waals surface area contributed by atoms with Gasteiger partial charge in [-0.15, -0.1) is 0 Å². The van der Waals surface area contributed by atoms with Gasteiger partial charge in [-0.05, 0) is 35.9 Å². The van der Waals surface area contributed by atoms with Gasteiger partial charge in [0.2, 0.25) is 0 Å². The molecule has 108 valence electrons. The molecule has 0 spiro atoms. The van der Waals surface area contributed by atoms with E-state index >= 15 is 0 Å². The van der Waals surface area contributed by atoms with Crippen LogP contribution in [0.15, 0.2) is 42.5 Å². The number of ketones is 1. The minimum absolute atomic E-state index is 0.0657. The summed E-state index contributed by atoms with van der Waals surface area (Å²) in [5.74, 6) is 2.11. The van der Waals surface area contributed by atoms with E-state index in [1.165, 1.54) is 0 Å². The zero-order valence-electron chi connectivity index (χ0n) is 12.0. The SMILES string of the molecule is COc1ccc([C@H]2CC(=O)c3cc(OC)ccc3O2)cc1. The highest BCUT2D eigenvalue weighted by atomic mass is 16.5. The number of ether oxygens (including phenoxy) is 3. The van der Waals surface area contributed by atoms with Crippen molar-refractivity contribution in [3.8, 4) is 17.2 Å². The summed E-state index contributed by atoms with van der Waals surface area (Å²) in [6.45, 7) is 0. The number of methoxy groups -OCH3 is 2. The van der Waals surface area contributed by atoms with Crippen LogP contribution in [-0.4, -0.2) is 20.0 Å². The molecule has 0 fully saturated rings. The number of carbonyl (C=O) groups is 1. The van der Waals surface area contributed by atoms with Gasteiger partial charge in [0.1, 0.15) is 23.4 Å². The van der Waals surface area contributed by atoms with E-state index in [2.05, 4.69) is 0 Å². The summed E-state index contributed by atoms with van der Waals surface area (Å²) >= 11 is 0. The molecule has 2 aromatic rings. The second-order valence-electron chi connectivity index (χ2n) is 4.87. The van der Waals surface area contributed by atoms with Gasteiger partial charge in [-0.25, -0.2) is 0 Å². The Kier molecular flexibility index (Phi) is 3.52. The molecule has 0 radical (unpaired) electrons. The molecule has 0 aliphatic carbocycles. The maximum Gasteiger partial charge on any atom is 0.170 e. The van der Waals surface area contributed by atoms with Crippen molar-refractivity contribution < 1.29 is 19.0 Å². The van der Waals surface area contributed by atoms with Crippen molar-refractivity contribution in [1.29, 1.82) is 0 Å². The lowest BCUT2D eigenvalue weighted by Gasteiger charge is -2.25. The molecule has 0 amide bonds. The number of hydrogen-bond acceptors (Lipinski definition) is 4. The molecule has 2 aromatic carbocycles. The van der Waals surface area contributed by atoms with Gasteiger partial charge in [0.05, 0.1) is 26.2 Å². The molecule has 4 nitrogen and oxygen atoms in total. The van der Waals surface area contributed by atoms with E-state index in [4.69, 9.17) is 14.2 Å². The molecule has 4 heteroatoms. The lowest BCUT2D eigenvalue weighted by atomic mass is 9.96. The average Bonchev–Trinajstić information content (AvgIpc) is 2.54. The lowest BCUT2D eigenvalue weighted by molar-refractivity contribution is 0.0849. The van der Waals surface area contributed by atoms with Crippen LogP contribution in [0.2, 0.25) is 0 Å². The van der Waals surface area contributed by atoms with Crippen molar-refractivity contribution in [3.63, 3.8) is 0 Å². The first-order chi connectivity index (χ1) is 10.2. The minimum atomic E-state index is -0.260. The molecule has 21 heavy (non-hydrogen) atoms. The third-order valence-electron chi connectivity index (χ3n) is 3.61. The highest BCUT2D eigenvalue weighted by molar-refractivity contribution is 6.00. The van der Waals surface area contributed by atoms with Crippen molar-refractivity contribution in [2.45, 2.75) is 12.5 Å². The van der Waals surface area contributed by atoms with Crippen molar-refractivity contribution in [2.75, 3.05) is 14.2 Å². The summed E-state index contributed by atoms with van der Waals surface area (Å²) in [6, 6.07) is 12.9. The van der Waals surface area contributed by atoms with Crippen LogP contribution >= 0.6 is 0 Å². The summed E-state index contributed by atoms with van der Waals surface area (Å²) < 4.78 is 16.2. The average molecular weight is 284 g/mol. The number of rotatable bonds is 3. The number of hydrogen-bond donors (Lipinski definition) is 0. The maximum absolute atomic E-state index is 12.3. The Hall–Kier alpha value is -2.49. The zero-order chi connectivity index (χ0) is 14.8. The van der Waals surface area contributed by atoms with E-state index in [-0.39, 0.29) is 11.9 Å². The third-order valence-corrected chi connectivity index (χ3v) is 3.61. The number of fused-ring (bicyclic) bond motifs is 1. The smallest absolute Gasteiger partial charge is 0.170 e. The molecular formula is C17H16O4. The van der Waals surface area contributed by atoms with E-state index < -0.39 is 0 Å². The molecule has 0 N–H and O–H groups in total. The van der Waals surface area contributed by atoms with Crippen molar-refractivity contribution >= 4 is 5.78 Å². The van der Waals surface area contributed by atoms with Crippen LogP contribution in [0.4, 0.5) is 0 Å². The number of carbonyl (C=O) groups excluding carboxylic acids is 1. The Balaban J connectivity index is 1.89. The standard InChI is InChI=1S/C17H16O4/c1-19-12-5-3-11(4-6-12)17-10-15(18)14-9-13(20-2)7-8-16(14)21-17/h3-9,17H,10H2,1-2H3/t17-/m1/s1. The minimum Gasteiger partial charge on any atom is -0.497 e. The van der Waals surface area contributed by atoms with Crippen molar-refractivity contribution in [1.82, 2.24) is 0 Å². The van der Waals surface area contributed by atoms with E-state index in [9.17, 15) is 4.79 Å². The van der Waals surface area contributed by atoms with Crippen molar-refractivity contribution in [2.24, 2.45) is 0 Å². The topological polar surface area (TPSA) is 44.8 Å². The summed E-state index contributed by atoms with van der Waals surface area (Å²) in [6.07, 6.45) is 0.0660. The monoisotopic (exact) mass is 284 g/mol. The Morgan fingerprint density at radius 1 is 1.00 bits per heavy atom. The Morgan fingerprint density at radius 2 is 1.67 bits per heavy atom. The first-order valence-corrected chi connectivity index (χ1v) is 6.73. The van der Waals surface area contributed by atoms with Gasteiger partial charge in [-0.1, -0.05) is 12.1 Å². The molecule has 1 atom stereocenters. The quantitative estimate of drug-likeness (QED) is 0.866. The Labute approximate surface area is 123 Å². The predicted molar refractivity (Wildman–Crippen MR) is 78.3 cm³/mol. The van der Waals surface area contributed by atoms with Crippen LogP contribution in [0.3, 0.4) is 0 Å². The van der Waals surface area contributed by atoms with Gasteiger partial charge < -0.3 is 14.2 Å². The molecule has 0 saturated heterocycles. The normalized spacial score (nSPS) is 16.9. The van der Waals surface area contributed by atoms with Gasteiger partial charge in [0, 0.05) is 0 Å². The lowest BCUT2D eigenvalue weighted by Crippen LogP contribution is -2.20. The molecule has 0 bridgehead atoms. The Bertz CT molecular complexity index is 661. The molecular weight excluding hydrogens is 268 g/mol. The van der Waals surface area contributed by atoms with Gasteiger partial charge in [0.25, 0.3) is 0 Å². The van der Waals surface area contributed by atoms with E-state index in [1.54, 1.807) is 32.4 Å². The van der Waals surface area contributed by atoms with Gasteiger partial charge in [-0.2, -0.15) is 0 Å². The van der Waals surface area contributed by atoms with Crippen LogP contribution in [0.25, 0.3) is 0 Å². The first kappa shape index (κ1) is 13.5. The van der Waals surface area contributed by atoms with E-state index in [0.29, 0.717) is 23.5 Å². The second kappa shape index (κ2) is 5.48. The fraction of sp³-hybridized carbons (Fsp3) is 0.235. The highest BCUT2D eigenvalue weighted by Gasteiger charge is 2.28. The maximum atomic E-state index is 12.3. The third kappa shape index (κ3) is 2.57. The predicted octanol–water partition coefficient (Wildman–Crippen LogP) is 3.41. The van der Waals surface area contributed by atoms with Crippen LogP contribution < -0.4 is 14.2 Å². The van der Waals surface area contributed by atoms with Crippen LogP contribution in [-0.2, 0) is 0 Å². The van der Waals surface area contributed by atoms with Crippen molar-refractivity contribution in [3.05, 3.63) is 53.6 Å². The summed E-state index contributed by atoms with van der Waals surface area (Å²) in [5, 5.41) is 0. The van der Waals surface area contributed by atoms with Crippen LogP contribution in [0.1, 0.15) is 28.4 Å². The zero-order valence-corrected chi connectivity index (χ0v) is 12.0. The summed E-state index contributed by atoms with van der Waals surface area (Å²) in [5.41, 5.74) is 1.55. The fourth-order valence-corrected chi connectivity index (χ4v) is 2.43. The molecule has 1 heterocycles. The highest BCUT2D eigenvalue weighted by Crippen LogP contribution is 2.36. The number of Topliss-reactive ketones (excluding diaryl/α,β-unsaturated/α-hetero) is 1. The molecule has 0 unspecified atom stereocenters. The van der Waals surface area contributed by atoms with E-state index in [1.807, 2.05) is 24.3 Å². The molecule has 0 aromatic heterocycles. The molecule has 1 aliphatic heterocycles. The largest absolute Gasteiger partial charge is 0.497 e. The Morgan fingerprint density at radius 3 is 2.33 bits per heavy atom. The molecule has 0 saturated carbocycles. The summed E-state index contributed by atoms with van der Waals surface area (Å²) in [4.78, 5) is 12.3. The van der Waals surface area contributed by atoms with Gasteiger partial charge in [-0.3, -0.25) is 4.79 Å². The van der Waals surface area contributed by atoms with E-state index in [0.717, 1.165) is 11.3 Å². The summed E-state index contributed by atoms with van der Waals surface area (Å²) in [7, 11) is 3.20. The van der Waals surface area contributed by atoms with Crippen LogP contribution in [0.5, 0.6) is 17.2 Å². The molecule has 1 aliphatic rings.